The number of nitrogens with two attached hydrogens (primary N) is 1. The fourth-order valence-electron chi connectivity index (χ4n) is 2.15. The number of methoxy groups -OCH3 is 1. The van der Waals surface area contributed by atoms with Gasteiger partial charge in [0.05, 0.1) is 7.11 Å². The van der Waals surface area contributed by atoms with Crippen LogP contribution >= 0.6 is 0 Å². The van der Waals surface area contributed by atoms with Gasteiger partial charge in [0, 0.05) is 18.5 Å². The lowest BCUT2D eigenvalue weighted by Gasteiger charge is -2.27. The molecule has 0 heterocycles. The van der Waals surface area contributed by atoms with Crippen molar-refractivity contribution < 1.29 is 9.94 Å². The van der Waals surface area contributed by atoms with Gasteiger partial charge in [-0.15, -0.1) is 0 Å². The van der Waals surface area contributed by atoms with Crippen molar-refractivity contribution in [2.45, 2.75) is 26.3 Å². The number of hydrogen-bond acceptors (Lipinski definition) is 4. The predicted molar refractivity (Wildman–Crippen MR) is 81.4 cm³/mol. The number of benzene rings is 1. The summed E-state index contributed by atoms with van der Waals surface area (Å²) in [4.78, 5) is 2.20. The lowest BCUT2D eigenvalue weighted by atomic mass is 10.0. The molecule has 0 spiro atoms. The van der Waals surface area contributed by atoms with Crippen molar-refractivity contribution >= 4 is 5.84 Å². The van der Waals surface area contributed by atoms with E-state index in [1.165, 1.54) is 5.56 Å². The molecule has 1 rings (SSSR count). The monoisotopic (exact) mass is 279 g/mol. The van der Waals surface area contributed by atoms with Crippen LogP contribution in [0.4, 0.5) is 0 Å². The third-order valence-electron chi connectivity index (χ3n) is 3.64. The van der Waals surface area contributed by atoms with E-state index < -0.39 is 0 Å². The highest BCUT2D eigenvalue weighted by molar-refractivity contribution is 5.82. The summed E-state index contributed by atoms with van der Waals surface area (Å²) in [7, 11) is 3.73. The van der Waals surface area contributed by atoms with Gasteiger partial charge in [0.1, 0.15) is 11.6 Å². The van der Waals surface area contributed by atoms with Gasteiger partial charge < -0.3 is 20.6 Å². The number of para-hydroxylation sites is 1. The number of hydrogen-bond donors (Lipinski definition) is 2. The van der Waals surface area contributed by atoms with Gasteiger partial charge in [0.15, 0.2) is 0 Å². The minimum Gasteiger partial charge on any atom is -0.496 e. The lowest BCUT2D eigenvalue weighted by molar-refractivity contribution is 0.237. The standard InChI is InChI=1S/C15H25N3O2/c1-11(15(16)17-19)10-18(3)12(2)9-13-7-5-6-8-14(13)20-4/h5-8,11-12,19H,9-10H2,1-4H3,(H2,16,17). The Hall–Kier alpha value is -1.75. The van der Waals surface area contributed by atoms with E-state index in [2.05, 4.69) is 23.0 Å². The molecule has 0 fully saturated rings. The Balaban J connectivity index is 2.64. The number of ether oxygens (including phenoxy) is 1. The Labute approximate surface area is 121 Å². The van der Waals surface area contributed by atoms with Gasteiger partial charge in [0.25, 0.3) is 0 Å². The zero-order valence-corrected chi connectivity index (χ0v) is 12.7. The number of nitrogens with zero attached hydrogens (tertiary/aromatic N) is 2. The van der Waals surface area contributed by atoms with Gasteiger partial charge in [-0.3, -0.25) is 0 Å². The van der Waals surface area contributed by atoms with Gasteiger partial charge >= 0.3 is 0 Å². The van der Waals surface area contributed by atoms with E-state index in [4.69, 9.17) is 15.7 Å². The summed E-state index contributed by atoms with van der Waals surface area (Å²) in [6.45, 7) is 4.85. The third kappa shape index (κ3) is 4.42. The molecule has 0 amide bonds. The average Bonchev–Trinajstić information content (AvgIpc) is 2.46. The number of likely N-dealkylation sites (N-methyl/N-ethyl adjacent to an activating group) is 1. The molecule has 0 aliphatic carbocycles. The van der Waals surface area contributed by atoms with Crippen LogP contribution in [0.5, 0.6) is 5.75 Å². The smallest absolute Gasteiger partial charge is 0.143 e. The molecule has 0 aliphatic rings. The quantitative estimate of drug-likeness (QED) is 0.346. The molecule has 1 aromatic rings. The Morgan fingerprint density at radius 2 is 2.05 bits per heavy atom. The third-order valence-corrected chi connectivity index (χ3v) is 3.64. The van der Waals surface area contributed by atoms with Gasteiger partial charge in [0.2, 0.25) is 0 Å². The van der Waals surface area contributed by atoms with Crippen molar-refractivity contribution in [1.82, 2.24) is 4.90 Å². The maximum Gasteiger partial charge on any atom is 0.143 e. The highest BCUT2D eigenvalue weighted by Crippen LogP contribution is 2.20. The zero-order chi connectivity index (χ0) is 15.1. The van der Waals surface area contributed by atoms with Crippen LogP contribution in [0.1, 0.15) is 19.4 Å². The van der Waals surface area contributed by atoms with Crippen molar-refractivity contribution in [3.05, 3.63) is 29.8 Å². The summed E-state index contributed by atoms with van der Waals surface area (Å²) in [5, 5.41) is 11.7. The van der Waals surface area contributed by atoms with Crippen LogP contribution in [0.15, 0.2) is 29.4 Å². The predicted octanol–water partition coefficient (Wildman–Crippen LogP) is 1.94. The minimum atomic E-state index is 0.0186. The molecule has 20 heavy (non-hydrogen) atoms. The van der Waals surface area contributed by atoms with E-state index in [9.17, 15) is 0 Å². The van der Waals surface area contributed by atoms with Crippen LogP contribution in [-0.4, -0.2) is 42.7 Å². The molecule has 0 aliphatic heterocycles. The highest BCUT2D eigenvalue weighted by Gasteiger charge is 2.17. The first-order chi connectivity index (χ1) is 9.49. The fourth-order valence-corrected chi connectivity index (χ4v) is 2.15. The van der Waals surface area contributed by atoms with Crippen LogP contribution < -0.4 is 10.5 Å². The van der Waals surface area contributed by atoms with Gasteiger partial charge in [-0.2, -0.15) is 0 Å². The van der Waals surface area contributed by atoms with Gasteiger partial charge in [-0.05, 0) is 32.0 Å². The van der Waals surface area contributed by atoms with Crippen LogP contribution in [0.2, 0.25) is 0 Å². The molecule has 0 aromatic heterocycles. The van der Waals surface area contributed by atoms with Gasteiger partial charge in [-0.25, -0.2) is 0 Å². The van der Waals surface area contributed by atoms with E-state index >= 15 is 0 Å². The van der Waals surface area contributed by atoms with Crippen molar-refractivity contribution in [2.24, 2.45) is 16.8 Å². The maximum absolute atomic E-state index is 8.69. The van der Waals surface area contributed by atoms with E-state index in [0.717, 1.165) is 18.7 Å². The molecule has 5 heteroatoms. The molecule has 0 radical (unpaired) electrons. The highest BCUT2D eigenvalue weighted by atomic mass is 16.5. The number of rotatable bonds is 7. The molecule has 0 saturated carbocycles. The van der Waals surface area contributed by atoms with E-state index in [1.807, 2.05) is 32.2 Å². The van der Waals surface area contributed by atoms with Crippen LogP contribution in [0, 0.1) is 5.92 Å². The Morgan fingerprint density at radius 3 is 2.65 bits per heavy atom. The molecule has 3 N–H and O–H groups in total. The minimum absolute atomic E-state index is 0.0186. The first-order valence-corrected chi connectivity index (χ1v) is 6.79. The summed E-state index contributed by atoms with van der Waals surface area (Å²) in [5.74, 6) is 1.20. The number of oxime groups is 1. The lowest BCUT2D eigenvalue weighted by Crippen LogP contribution is -2.38. The topological polar surface area (TPSA) is 71.1 Å². The van der Waals surface area contributed by atoms with Crippen molar-refractivity contribution in [1.29, 1.82) is 0 Å². The zero-order valence-electron chi connectivity index (χ0n) is 12.7. The normalized spacial score (nSPS) is 15.2. The van der Waals surface area contributed by atoms with Crippen molar-refractivity contribution in [3.63, 3.8) is 0 Å². The summed E-state index contributed by atoms with van der Waals surface area (Å²) in [5.41, 5.74) is 6.80. The second-order valence-corrected chi connectivity index (χ2v) is 5.23. The summed E-state index contributed by atoms with van der Waals surface area (Å²) in [6.07, 6.45) is 0.892. The molecular weight excluding hydrogens is 254 g/mol. The molecule has 2 unspecified atom stereocenters. The number of amidine groups is 1. The Kier molecular flexibility index (Phi) is 6.31. The second kappa shape index (κ2) is 7.75. The van der Waals surface area contributed by atoms with E-state index in [-0.39, 0.29) is 11.8 Å². The average molecular weight is 279 g/mol. The molecule has 0 bridgehead atoms. The van der Waals surface area contributed by atoms with Crippen LogP contribution in [0.3, 0.4) is 0 Å². The Morgan fingerprint density at radius 1 is 1.40 bits per heavy atom. The molecule has 2 atom stereocenters. The Bertz CT molecular complexity index is 448. The van der Waals surface area contributed by atoms with E-state index in [0.29, 0.717) is 6.04 Å². The first kappa shape index (κ1) is 16.3. The van der Waals surface area contributed by atoms with Gasteiger partial charge in [-0.1, -0.05) is 30.3 Å². The SMILES string of the molecule is COc1ccccc1CC(C)N(C)CC(C)C(N)=NO. The van der Waals surface area contributed by atoms with E-state index in [1.54, 1.807) is 7.11 Å². The molecule has 5 nitrogen and oxygen atoms in total. The summed E-state index contributed by atoms with van der Waals surface area (Å²) >= 11 is 0. The first-order valence-electron chi connectivity index (χ1n) is 6.79. The summed E-state index contributed by atoms with van der Waals surface area (Å²) in [6, 6.07) is 8.37. The fraction of sp³-hybridized carbons (Fsp3) is 0.533. The van der Waals surface area contributed by atoms with Crippen LogP contribution in [0.25, 0.3) is 0 Å². The largest absolute Gasteiger partial charge is 0.496 e. The molecule has 112 valence electrons. The molecule has 0 saturated heterocycles. The van der Waals surface area contributed by atoms with Crippen molar-refractivity contribution in [3.8, 4) is 5.75 Å². The maximum atomic E-state index is 8.69. The summed E-state index contributed by atoms with van der Waals surface area (Å²) < 4.78 is 5.37. The molecular formula is C15H25N3O2. The second-order valence-electron chi connectivity index (χ2n) is 5.23. The van der Waals surface area contributed by atoms with Crippen molar-refractivity contribution in [2.75, 3.05) is 20.7 Å². The van der Waals surface area contributed by atoms with Crippen LogP contribution in [-0.2, 0) is 6.42 Å². The molecule has 1 aromatic carbocycles.